The Kier molecular flexibility index (Phi) is 5.90. The maximum Gasteiger partial charge on any atom is 0.221 e. The molecule has 0 aliphatic carbocycles. The van der Waals surface area contributed by atoms with Gasteiger partial charge in [-0.3, -0.25) is 4.79 Å². The van der Waals surface area contributed by atoms with Gasteiger partial charge in [0.2, 0.25) is 5.91 Å². The number of tetrazole rings is 1. The van der Waals surface area contributed by atoms with Crippen LogP contribution in [-0.4, -0.2) is 46.9 Å². The Bertz CT molecular complexity index is 634. The van der Waals surface area contributed by atoms with Crippen LogP contribution in [0.25, 0.3) is 0 Å². The standard InChI is InChI=1S/C15H21N5O3/c1-11-17-18-19-20(11)7-5-15(21)16-6-4-12-8-13(22-2)10-14(9-12)23-3/h8-10H,4-7H2,1-3H3,(H,16,21). The molecule has 0 aliphatic heterocycles. The molecule has 0 fully saturated rings. The van der Waals surface area contributed by atoms with Crippen LogP contribution < -0.4 is 14.8 Å². The molecule has 2 aromatic rings. The minimum atomic E-state index is -0.0326. The van der Waals surface area contributed by atoms with E-state index >= 15 is 0 Å². The maximum absolute atomic E-state index is 11.8. The van der Waals surface area contributed by atoms with Crippen LogP contribution in [0.1, 0.15) is 17.8 Å². The smallest absolute Gasteiger partial charge is 0.221 e. The lowest BCUT2D eigenvalue weighted by Crippen LogP contribution is -2.26. The van der Waals surface area contributed by atoms with E-state index in [1.807, 2.05) is 18.2 Å². The van der Waals surface area contributed by atoms with Crippen molar-refractivity contribution >= 4 is 5.91 Å². The molecule has 1 heterocycles. The molecule has 23 heavy (non-hydrogen) atoms. The summed E-state index contributed by atoms with van der Waals surface area (Å²) in [6.45, 7) is 2.81. The van der Waals surface area contributed by atoms with Gasteiger partial charge in [-0.05, 0) is 41.5 Å². The number of nitrogens with zero attached hydrogens (tertiary/aromatic N) is 4. The van der Waals surface area contributed by atoms with Crippen molar-refractivity contribution in [1.29, 1.82) is 0 Å². The molecule has 1 N–H and O–H groups in total. The Morgan fingerprint density at radius 2 is 1.91 bits per heavy atom. The molecule has 8 nitrogen and oxygen atoms in total. The number of hydrogen-bond acceptors (Lipinski definition) is 6. The van der Waals surface area contributed by atoms with Crippen molar-refractivity contribution in [3.63, 3.8) is 0 Å². The van der Waals surface area contributed by atoms with Crippen LogP contribution in [0.5, 0.6) is 11.5 Å². The number of aryl methyl sites for hydroxylation is 2. The maximum atomic E-state index is 11.8. The third-order valence-corrected chi connectivity index (χ3v) is 3.41. The zero-order valence-electron chi connectivity index (χ0n) is 13.6. The van der Waals surface area contributed by atoms with Crippen LogP contribution in [0.15, 0.2) is 18.2 Å². The van der Waals surface area contributed by atoms with Gasteiger partial charge in [0, 0.05) is 19.0 Å². The van der Waals surface area contributed by atoms with Crippen molar-refractivity contribution in [2.45, 2.75) is 26.3 Å². The van der Waals surface area contributed by atoms with Gasteiger partial charge in [0.05, 0.1) is 20.8 Å². The molecule has 0 radical (unpaired) electrons. The molecule has 124 valence electrons. The number of nitrogens with one attached hydrogen (secondary N) is 1. The fourth-order valence-corrected chi connectivity index (χ4v) is 2.11. The Labute approximate surface area is 134 Å². The first-order valence-corrected chi connectivity index (χ1v) is 7.34. The molecule has 0 spiro atoms. The highest BCUT2D eigenvalue weighted by Gasteiger charge is 2.06. The number of carbonyl (C=O) groups is 1. The van der Waals surface area contributed by atoms with E-state index in [2.05, 4.69) is 20.8 Å². The molecule has 1 aromatic heterocycles. The van der Waals surface area contributed by atoms with Gasteiger partial charge in [0.15, 0.2) is 0 Å². The summed E-state index contributed by atoms with van der Waals surface area (Å²) in [4.78, 5) is 11.8. The van der Waals surface area contributed by atoms with Crippen LogP contribution in [0.2, 0.25) is 0 Å². The van der Waals surface area contributed by atoms with Gasteiger partial charge in [0.25, 0.3) is 0 Å². The second-order valence-electron chi connectivity index (χ2n) is 5.02. The highest BCUT2D eigenvalue weighted by molar-refractivity contribution is 5.75. The lowest BCUT2D eigenvalue weighted by Gasteiger charge is -2.09. The second kappa shape index (κ2) is 8.11. The van der Waals surface area contributed by atoms with Gasteiger partial charge in [0.1, 0.15) is 17.3 Å². The van der Waals surface area contributed by atoms with Crippen molar-refractivity contribution in [2.75, 3.05) is 20.8 Å². The molecule has 0 atom stereocenters. The Morgan fingerprint density at radius 1 is 1.22 bits per heavy atom. The van der Waals surface area contributed by atoms with E-state index in [0.717, 1.165) is 17.1 Å². The lowest BCUT2D eigenvalue weighted by molar-refractivity contribution is -0.121. The molecule has 1 aromatic carbocycles. The van der Waals surface area contributed by atoms with Gasteiger partial charge in [-0.25, -0.2) is 4.68 Å². The summed E-state index contributed by atoms with van der Waals surface area (Å²) >= 11 is 0. The predicted molar refractivity (Wildman–Crippen MR) is 83.4 cm³/mol. The summed E-state index contributed by atoms with van der Waals surface area (Å²) in [5.74, 6) is 2.13. The zero-order valence-corrected chi connectivity index (χ0v) is 13.6. The number of carbonyl (C=O) groups excluding carboxylic acids is 1. The number of hydrogen-bond donors (Lipinski definition) is 1. The van der Waals surface area contributed by atoms with Gasteiger partial charge in [-0.2, -0.15) is 0 Å². The SMILES string of the molecule is COc1cc(CCNC(=O)CCn2nnnc2C)cc(OC)c1. The van der Waals surface area contributed by atoms with E-state index in [0.29, 0.717) is 31.8 Å². The minimum Gasteiger partial charge on any atom is -0.497 e. The van der Waals surface area contributed by atoms with Crippen LogP contribution in [-0.2, 0) is 17.8 Å². The summed E-state index contributed by atoms with van der Waals surface area (Å²) in [5, 5.41) is 14.0. The summed E-state index contributed by atoms with van der Waals surface area (Å²) in [6.07, 6.45) is 1.04. The minimum absolute atomic E-state index is 0.0326. The fourth-order valence-electron chi connectivity index (χ4n) is 2.11. The van der Waals surface area contributed by atoms with E-state index in [4.69, 9.17) is 9.47 Å². The molecule has 0 unspecified atom stereocenters. The number of ether oxygens (including phenoxy) is 2. The molecule has 2 rings (SSSR count). The first-order valence-electron chi connectivity index (χ1n) is 7.34. The van der Waals surface area contributed by atoms with Crippen molar-refractivity contribution in [3.8, 4) is 11.5 Å². The number of amides is 1. The van der Waals surface area contributed by atoms with Crippen molar-refractivity contribution < 1.29 is 14.3 Å². The molecule has 0 bridgehead atoms. The topological polar surface area (TPSA) is 91.2 Å². The summed E-state index contributed by atoms with van der Waals surface area (Å²) in [7, 11) is 3.22. The average molecular weight is 319 g/mol. The quantitative estimate of drug-likeness (QED) is 0.772. The fraction of sp³-hybridized carbons (Fsp3) is 0.467. The van der Waals surface area contributed by atoms with Crippen molar-refractivity contribution in [1.82, 2.24) is 25.5 Å². The first-order chi connectivity index (χ1) is 11.1. The normalized spacial score (nSPS) is 10.4. The highest BCUT2D eigenvalue weighted by atomic mass is 16.5. The summed E-state index contributed by atoms with van der Waals surface area (Å²) in [5.41, 5.74) is 1.04. The molecular formula is C15H21N5O3. The number of methoxy groups -OCH3 is 2. The molecule has 0 aliphatic rings. The molecule has 0 saturated heterocycles. The zero-order chi connectivity index (χ0) is 16.7. The predicted octanol–water partition coefficient (Wildman–Crippen LogP) is 0.748. The van der Waals surface area contributed by atoms with E-state index in [9.17, 15) is 4.79 Å². The molecular weight excluding hydrogens is 298 g/mol. The van der Waals surface area contributed by atoms with Gasteiger partial charge < -0.3 is 14.8 Å². The number of aromatic nitrogens is 4. The van der Waals surface area contributed by atoms with E-state index in [1.165, 1.54) is 0 Å². The molecule has 1 amide bonds. The van der Waals surface area contributed by atoms with Crippen molar-refractivity contribution in [3.05, 3.63) is 29.6 Å². The third-order valence-electron chi connectivity index (χ3n) is 3.41. The highest BCUT2D eigenvalue weighted by Crippen LogP contribution is 2.22. The second-order valence-corrected chi connectivity index (χ2v) is 5.02. The van der Waals surface area contributed by atoms with Crippen LogP contribution in [0.4, 0.5) is 0 Å². The number of benzene rings is 1. The van der Waals surface area contributed by atoms with Crippen molar-refractivity contribution in [2.24, 2.45) is 0 Å². The third kappa shape index (κ3) is 4.94. The van der Waals surface area contributed by atoms with Gasteiger partial charge >= 0.3 is 0 Å². The first kappa shape index (κ1) is 16.7. The number of rotatable bonds is 8. The van der Waals surface area contributed by atoms with E-state index in [1.54, 1.807) is 25.8 Å². The Balaban J connectivity index is 1.78. The van der Waals surface area contributed by atoms with Crippen LogP contribution in [0, 0.1) is 6.92 Å². The monoisotopic (exact) mass is 319 g/mol. The largest absolute Gasteiger partial charge is 0.497 e. The molecule has 8 heteroatoms. The van der Waals surface area contributed by atoms with Crippen LogP contribution in [0.3, 0.4) is 0 Å². The Hall–Kier alpha value is -2.64. The van der Waals surface area contributed by atoms with Gasteiger partial charge in [-0.15, -0.1) is 5.10 Å². The van der Waals surface area contributed by atoms with Gasteiger partial charge in [-0.1, -0.05) is 0 Å². The summed E-state index contributed by atoms with van der Waals surface area (Å²) in [6, 6.07) is 5.68. The van der Waals surface area contributed by atoms with Crippen LogP contribution >= 0.6 is 0 Å². The molecule has 0 saturated carbocycles. The summed E-state index contributed by atoms with van der Waals surface area (Å²) < 4.78 is 12.1. The Morgan fingerprint density at radius 3 is 2.48 bits per heavy atom. The van der Waals surface area contributed by atoms with E-state index < -0.39 is 0 Å². The van der Waals surface area contributed by atoms with E-state index in [-0.39, 0.29) is 5.91 Å². The lowest BCUT2D eigenvalue weighted by atomic mass is 10.1. The average Bonchev–Trinajstić information content (AvgIpc) is 2.97.